The second-order valence-corrected chi connectivity index (χ2v) is 11.8. The van der Waals surface area contributed by atoms with Gasteiger partial charge >= 0.3 is 0 Å². The van der Waals surface area contributed by atoms with Gasteiger partial charge in [0.15, 0.2) is 0 Å². The summed E-state index contributed by atoms with van der Waals surface area (Å²) in [5, 5.41) is 0. The molecular weight excluding hydrogens is 544 g/mol. The quantitative estimate of drug-likeness (QED) is 0.257. The lowest BCUT2D eigenvalue weighted by Crippen LogP contribution is -2.38. The predicted octanol–water partition coefficient (Wildman–Crippen LogP) is 11.6. The first-order valence-corrected chi connectivity index (χ1v) is 16.6. The molecule has 0 bridgehead atoms. The van der Waals surface area contributed by atoms with Gasteiger partial charge in [-0.25, -0.2) is 0 Å². The van der Waals surface area contributed by atoms with Crippen molar-refractivity contribution >= 4 is 28.7 Å². The summed E-state index contributed by atoms with van der Waals surface area (Å²) in [5.41, 5.74) is 10.0. The zero-order valence-electron chi connectivity index (χ0n) is 27.6. The van der Waals surface area contributed by atoms with Gasteiger partial charge in [0.05, 0.1) is 12.1 Å². The molecule has 0 aromatic heterocycles. The summed E-state index contributed by atoms with van der Waals surface area (Å²) in [6.07, 6.45) is 26.6. The molecule has 3 aromatic carbocycles. The van der Waals surface area contributed by atoms with E-state index in [1.807, 2.05) is 13.8 Å². The Labute approximate surface area is 271 Å². The molecule has 0 radical (unpaired) electrons. The molecule has 45 heavy (non-hydrogen) atoms. The number of nitrogens with zero attached hydrogens (tertiary/aromatic N) is 2. The van der Waals surface area contributed by atoms with Crippen molar-refractivity contribution in [2.24, 2.45) is 11.8 Å². The van der Waals surface area contributed by atoms with Crippen LogP contribution in [0.15, 0.2) is 146 Å². The van der Waals surface area contributed by atoms with E-state index >= 15 is 0 Å². The SMILES string of the molecule is C=C(CC/C(=C\C)c1ccc(N(c2ccccc2C)C2C=CC=CC2C)cc1)N1c2ccccc2C=CC2C=CC=CC21.CC. The molecule has 3 aliphatic rings. The molecule has 3 aromatic rings. The first-order chi connectivity index (χ1) is 22.0. The van der Waals surface area contributed by atoms with Crippen molar-refractivity contribution in [1.82, 2.24) is 0 Å². The molecule has 4 unspecified atom stereocenters. The van der Waals surface area contributed by atoms with E-state index in [1.54, 1.807) is 0 Å². The lowest BCUT2D eigenvalue weighted by atomic mass is 9.92. The number of fused-ring (bicyclic) bond motifs is 2. The van der Waals surface area contributed by atoms with Crippen molar-refractivity contribution in [2.45, 2.75) is 59.5 Å². The Bertz CT molecular complexity index is 1650. The van der Waals surface area contributed by atoms with Crippen molar-refractivity contribution in [2.75, 3.05) is 9.80 Å². The maximum Gasteiger partial charge on any atom is 0.0619 e. The molecule has 6 rings (SSSR count). The fraction of sp³-hybridized carbons (Fsp3) is 0.256. The topological polar surface area (TPSA) is 6.48 Å². The molecule has 2 nitrogen and oxygen atoms in total. The third-order valence-corrected chi connectivity index (χ3v) is 9.07. The molecule has 0 spiro atoms. The molecule has 0 amide bonds. The molecule has 0 fully saturated rings. The zero-order chi connectivity index (χ0) is 31.8. The molecule has 0 saturated carbocycles. The van der Waals surface area contributed by atoms with Crippen LogP contribution in [-0.2, 0) is 0 Å². The van der Waals surface area contributed by atoms with Gasteiger partial charge in [0.2, 0.25) is 0 Å². The average molecular weight is 593 g/mol. The van der Waals surface area contributed by atoms with E-state index in [-0.39, 0.29) is 12.1 Å². The molecule has 1 aliphatic heterocycles. The summed E-state index contributed by atoms with van der Waals surface area (Å²) in [6.45, 7) is 15.3. The van der Waals surface area contributed by atoms with Gasteiger partial charge in [0.25, 0.3) is 0 Å². The maximum atomic E-state index is 4.64. The van der Waals surface area contributed by atoms with E-state index in [9.17, 15) is 0 Å². The van der Waals surface area contributed by atoms with E-state index in [0.29, 0.717) is 11.8 Å². The number of hydrogen-bond donors (Lipinski definition) is 0. The van der Waals surface area contributed by atoms with Crippen LogP contribution in [-0.4, -0.2) is 12.1 Å². The normalized spacial score (nSPS) is 21.4. The minimum atomic E-state index is 0.240. The average Bonchev–Trinajstić information content (AvgIpc) is 3.25. The van der Waals surface area contributed by atoms with E-state index in [1.165, 1.54) is 39.3 Å². The highest BCUT2D eigenvalue weighted by Gasteiger charge is 2.29. The third kappa shape index (κ3) is 6.91. The first-order valence-electron chi connectivity index (χ1n) is 16.6. The van der Waals surface area contributed by atoms with Crippen molar-refractivity contribution in [3.05, 3.63) is 163 Å². The highest BCUT2D eigenvalue weighted by molar-refractivity contribution is 5.75. The molecule has 4 atom stereocenters. The van der Waals surface area contributed by atoms with Crippen LogP contribution < -0.4 is 9.80 Å². The second kappa shape index (κ2) is 14.9. The molecular formula is C43H48N2. The summed E-state index contributed by atoms with van der Waals surface area (Å²) < 4.78 is 0. The number of allylic oxidation sites excluding steroid dienone is 7. The van der Waals surface area contributed by atoms with Gasteiger partial charge < -0.3 is 9.80 Å². The second-order valence-electron chi connectivity index (χ2n) is 11.8. The van der Waals surface area contributed by atoms with Gasteiger partial charge in [0, 0.05) is 28.7 Å². The highest BCUT2D eigenvalue weighted by atomic mass is 15.2. The molecule has 230 valence electrons. The number of hydrogen-bond acceptors (Lipinski definition) is 2. The Hall–Kier alpha value is -4.56. The third-order valence-electron chi connectivity index (χ3n) is 9.07. The van der Waals surface area contributed by atoms with Gasteiger partial charge in [-0.1, -0.05) is 143 Å². The van der Waals surface area contributed by atoms with Crippen molar-refractivity contribution in [3.8, 4) is 0 Å². The standard InChI is InChI=1S/C41H42N2.C2H6/c1-5-33(23-22-32(4)42-40-20-12-8-16-35(40)24-25-36-17-9-13-21-41(36)42)34-26-28-37(29-27-34)43(38-18-10-6-14-30(38)2)39-19-11-7-15-31(39)3;1-2/h5-21,24-30,35,38,40H,4,22-23H2,1-3H3;1-2H3/b33-5+;. The van der Waals surface area contributed by atoms with E-state index in [0.717, 1.165) is 18.5 Å². The molecule has 0 saturated heterocycles. The van der Waals surface area contributed by atoms with Crippen molar-refractivity contribution in [3.63, 3.8) is 0 Å². The van der Waals surface area contributed by atoms with Gasteiger partial charge in [-0.15, -0.1) is 0 Å². The summed E-state index contributed by atoms with van der Waals surface area (Å²) in [5.74, 6) is 0.742. The maximum absolute atomic E-state index is 4.64. The van der Waals surface area contributed by atoms with Crippen LogP contribution in [0.25, 0.3) is 11.6 Å². The molecule has 1 heterocycles. The lowest BCUT2D eigenvalue weighted by molar-refractivity contribution is 0.609. The predicted molar refractivity (Wildman–Crippen MR) is 198 cm³/mol. The van der Waals surface area contributed by atoms with Crippen LogP contribution in [0, 0.1) is 18.8 Å². The number of benzene rings is 3. The summed E-state index contributed by atoms with van der Waals surface area (Å²) >= 11 is 0. The molecule has 2 aliphatic carbocycles. The number of para-hydroxylation sites is 2. The number of rotatable bonds is 8. The Morgan fingerprint density at radius 3 is 2.24 bits per heavy atom. The Morgan fingerprint density at radius 1 is 0.800 bits per heavy atom. The Morgan fingerprint density at radius 2 is 1.49 bits per heavy atom. The lowest BCUT2D eigenvalue weighted by Gasteiger charge is -2.37. The minimum absolute atomic E-state index is 0.240. The smallest absolute Gasteiger partial charge is 0.0619 e. The van der Waals surface area contributed by atoms with Gasteiger partial charge in [0.1, 0.15) is 0 Å². The number of anilines is 3. The van der Waals surface area contributed by atoms with E-state index in [4.69, 9.17) is 0 Å². The molecule has 2 heteroatoms. The van der Waals surface area contributed by atoms with Gasteiger partial charge in [-0.05, 0) is 79.1 Å². The monoisotopic (exact) mass is 592 g/mol. The van der Waals surface area contributed by atoms with E-state index < -0.39 is 0 Å². The zero-order valence-corrected chi connectivity index (χ0v) is 27.6. The molecule has 0 N–H and O–H groups in total. The van der Waals surface area contributed by atoms with E-state index in [2.05, 4.69) is 177 Å². The van der Waals surface area contributed by atoms with Gasteiger partial charge in [-0.3, -0.25) is 0 Å². The van der Waals surface area contributed by atoms with Gasteiger partial charge in [-0.2, -0.15) is 0 Å². The summed E-state index contributed by atoms with van der Waals surface area (Å²) in [4.78, 5) is 4.96. The highest BCUT2D eigenvalue weighted by Crippen LogP contribution is 2.39. The summed E-state index contributed by atoms with van der Waals surface area (Å²) in [7, 11) is 0. The van der Waals surface area contributed by atoms with Crippen molar-refractivity contribution in [1.29, 1.82) is 0 Å². The van der Waals surface area contributed by atoms with Crippen LogP contribution in [0.1, 0.15) is 57.2 Å². The fourth-order valence-electron chi connectivity index (χ4n) is 6.68. The van der Waals surface area contributed by atoms with Crippen molar-refractivity contribution < 1.29 is 0 Å². The Balaban J connectivity index is 0.00000196. The first kappa shape index (κ1) is 31.9. The van der Waals surface area contributed by atoms with Crippen LogP contribution in [0.3, 0.4) is 0 Å². The van der Waals surface area contributed by atoms with Crippen LogP contribution >= 0.6 is 0 Å². The van der Waals surface area contributed by atoms with Crippen LogP contribution in [0.5, 0.6) is 0 Å². The number of aryl methyl sites for hydroxylation is 1. The fourth-order valence-corrected chi connectivity index (χ4v) is 6.68. The largest absolute Gasteiger partial charge is 0.337 e. The minimum Gasteiger partial charge on any atom is -0.337 e. The van der Waals surface area contributed by atoms with Crippen LogP contribution in [0.2, 0.25) is 0 Å². The van der Waals surface area contributed by atoms with Crippen LogP contribution in [0.4, 0.5) is 17.1 Å². The summed E-state index contributed by atoms with van der Waals surface area (Å²) in [6, 6.07) is 27.1. The Kier molecular flexibility index (Phi) is 10.6.